The van der Waals surface area contributed by atoms with Crippen molar-refractivity contribution in [2.24, 2.45) is 0 Å². The van der Waals surface area contributed by atoms with Crippen LogP contribution in [0.1, 0.15) is 48.9 Å². The molecule has 1 saturated heterocycles. The summed E-state index contributed by atoms with van der Waals surface area (Å²) in [5.74, 6) is -0.859. The number of carboxylic acids is 1. The van der Waals surface area contributed by atoms with Gasteiger partial charge in [-0.15, -0.1) is 0 Å². The van der Waals surface area contributed by atoms with Crippen LogP contribution >= 0.6 is 0 Å². The molecule has 0 saturated carbocycles. The monoisotopic (exact) mass is 305 g/mol. The number of hydrogen-bond acceptors (Lipinski definition) is 3. The molecule has 2 aliphatic rings. The second-order valence-electron chi connectivity index (χ2n) is 6.29. The number of ether oxygens (including phenoxy) is 1. The molecule has 1 fully saturated rings. The highest BCUT2D eigenvalue weighted by Crippen LogP contribution is 2.23. The van der Waals surface area contributed by atoms with E-state index in [1.54, 1.807) is 0 Å². The van der Waals surface area contributed by atoms with Gasteiger partial charge in [0.05, 0.1) is 12.6 Å². The Morgan fingerprint density at radius 1 is 1.32 bits per heavy atom. The molecule has 0 spiro atoms. The molecule has 1 atom stereocenters. The lowest BCUT2D eigenvalue weighted by Crippen LogP contribution is -2.33. The predicted octanol–water partition coefficient (Wildman–Crippen LogP) is 1.92. The summed E-state index contributed by atoms with van der Waals surface area (Å²) in [6, 6.07) is 1.95. The van der Waals surface area contributed by atoms with Gasteiger partial charge in [-0.2, -0.15) is 0 Å². The first kappa shape index (κ1) is 15.3. The minimum atomic E-state index is -0.859. The van der Waals surface area contributed by atoms with Crippen molar-refractivity contribution in [1.29, 1.82) is 0 Å². The quantitative estimate of drug-likeness (QED) is 0.902. The van der Waals surface area contributed by atoms with Gasteiger partial charge in [0.2, 0.25) is 0 Å². The molecule has 1 aliphatic heterocycles. The van der Waals surface area contributed by atoms with Gasteiger partial charge in [-0.3, -0.25) is 9.59 Å². The molecule has 5 heteroatoms. The number of carboxylic acid groups (broad SMARTS) is 1. The molecule has 1 N–H and O–H groups in total. The maximum absolute atomic E-state index is 12.8. The highest BCUT2D eigenvalue weighted by molar-refractivity contribution is 5.67. The van der Waals surface area contributed by atoms with Crippen molar-refractivity contribution < 1.29 is 14.6 Å². The lowest BCUT2D eigenvalue weighted by molar-refractivity contribution is -0.136. The fourth-order valence-corrected chi connectivity index (χ4v) is 3.55. The molecule has 5 nitrogen and oxygen atoms in total. The zero-order chi connectivity index (χ0) is 15.5. The summed E-state index contributed by atoms with van der Waals surface area (Å²) < 4.78 is 7.56. The molecule has 0 radical (unpaired) electrons. The van der Waals surface area contributed by atoms with Gasteiger partial charge in [-0.1, -0.05) is 0 Å². The van der Waals surface area contributed by atoms with Gasteiger partial charge in [0.1, 0.15) is 0 Å². The van der Waals surface area contributed by atoms with E-state index in [1.165, 1.54) is 5.56 Å². The molecule has 1 aliphatic carbocycles. The number of nitrogens with zero attached hydrogens (tertiary/aromatic N) is 1. The molecule has 0 bridgehead atoms. The Labute approximate surface area is 129 Å². The third-order valence-electron chi connectivity index (χ3n) is 4.69. The van der Waals surface area contributed by atoms with Crippen molar-refractivity contribution in [3.8, 4) is 0 Å². The summed E-state index contributed by atoms with van der Waals surface area (Å²) in [6.45, 7) is 1.39. The van der Waals surface area contributed by atoms with Gasteiger partial charge in [-0.05, 0) is 56.6 Å². The summed E-state index contributed by atoms with van der Waals surface area (Å²) in [6.07, 6.45) is 6.69. The van der Waals surface area contributed by atoms with E-state index in [1.807, 2.05) is 10.6 Å². The highest BCUT2D eigenvalue weighted by Gasteiger charge is 2.22. The Balaban J connectivity index is 1.94. The normalized spacial score (nSPS) is 20.8. The van der Waals surface area contributed by atoms with Crippen LogP contribution in [0.15, 0.2) is 10.9 Å². The van der Waals surface area contributed by atoms with Crippen LogP contribution in [-0.4, -0.2) is 28.4 Å². The molecule has 0 aromatic carbocycles. The minimum Gasteiger partial charge on any atom is -0.481 e. The molecular formula is C17H23NO4. The third-order valence-corrected chi connectivity index (χ3v) is 4.69. The average Bonchev–Trinajstić information content (AvgIpc) is 3.01. The average molecular weight is 305 g/mol. The number of pyridine rings is 1. The van der Waals surface area contributed by atoms with Crippen LogP contribution in [0.2, 0.25) is 0 Å². The van der Waals surface area contributed by atoms with Crippen LogP contribution in [0.3, 0.4) is 0 Å². The number of carbonyl (C=O) groups is 1. The zero-order valence-electron chi connectivity index (χ0n) is 12.8. The predicted molar refractivity (Wildman–Crippen MR) is 82.3 cm³/mol. The minimum absolute atomic E-state index is 0.00789. The first-order valence-corrected chi connectivity index (χ1v) is 8.23. The van der Waals surface area contributed by atoms with E-state index in [-0.39, 0.29) is 18.1 Å². The molecule has 1 aromatic rings. The van der Waals surface area contributed by atoms with Gasteiger partial charge in [0, 0.05) is 24.3 Å². The number of rotatable bonds is 5. The standard InChI is InChI=1S/C17H23NO4/c19-16(20)8-7-13-10-12-4-1-2-6-15(12)18(17(13)21)11-14-5-3-9-22-14/h10,14H,1-9,11H2,(H,19,20). The largest absolute Gasteiger partial charge is 0.481 e. The molecule has 120 valence electrons. The maximum atomic E-state index is 12.8. The van der Waals surface area contributed by atoms with Gasteiger partial charge < -0.3 is 14.4 Å². The fraction of sp³-hybridized carbons (Fsp3) is 0.647. The van der Waals surface area contributed by atoms with Crippen molar-refractivity contribution in [2.75, 3.05) is 6.61 Å². The number of fused-ring (bicyclic) bond motifs is 1. The number of hydrogen-bond donors (Lipinski definition) is 1. The molecule has 1 aromatic heterocycles. The third kappa shape index (κ3) is 3.24. The first-order chi connectivity index (χ1) is 10.6. The smallest absolute Gasteiger partial charge is 0.303 e. The van der Waals surface area contributed by atoms with Gasteiger partial charge >= 0.3 is 5.97 Å². The van der Waals surface area contributed by atoms with Gasteiger partial charge in [0.15, 0.2) is 0 Å². The van der Waals surface area contributed by atoms with Crippen molar-refractivity contribution in [2.45, 2.75) is 64.0 Å². The lowest BCUT2D eigenvalue weighted by atomic mass is 9.93. The topological polar surface area (TPSA) is 68.5 Å². The van der Waals surface area contributed by atoms with E-state index in [4.69, 9.17) is 9.84 Å². The van der Waals surface area contributed by atoms with Crippen LogP contribution in [0.4, 0.5) is 0 Å². The van der Waals surface area contributed by atoms with Crippen molar-refractivity contribution in [1.82, 2.24) is 4.57 Å². The Bertz CT molecular complexity index is 614. The molecular weight excluding hydrogens is 282 g/mol. The second kappa shape index (κ2) is 6.65. The summed E-state index contributed by atoms with van der Waals surface area (Å²) in [5.41, 5.74) is 2.99. The fourth-order valence-electron chi connectivity index (χ4n) is 3.55. The zero-order valence-corrected chi connectivity index (χ0v) is 12.8. The van der Waals surface area contributed by atoms with E-state index in [0.717, 1.165) is 50.8 Å². The Morgan fingerprint density at radius 3 is 2.86 bits per heavy atom. The van der Waals surface area contributed by atoms with E-state index >= 15 is 0 Å². The Morgan fingerprint density at radius 2 is 2.14 bits per heavy atom. The molecule has 3 rings (SSSR count). The van der Waals surface area contributed by atoms with Crippen molar-refractivity contribution >= 4 is 5.97 Å². The van der Waals surface area contributed by atoms with E-state index in [9.17, 15) is 9.59 Å². The number of aromatic nitrogens is 1. The SMILES string of the molecule is O=C(O)CCc1cc2c(n(CC3CCCO3)c1=O)CCCC2. The summed E-state index contributed by atoms with van der Waals surface area (Å²) in [5, 5.41) is 8.87. The maximum Gasteiger partial charge on any atom is 0.303 e. The van der Waals surface area contributed by atoms with Crippen LogP contribution in [-0.2, 0) is 35.3 Å². The summed E-state index contributed by atoms with van der Waals surface area (Å²) in [7, 11) is 0. The van der Waals surface area contributed by atoms with Crippen molar-refractivity contribution in [3.05, 3.63) is 33.2 Å². The number of aliphatic carboxylic acids is 1. The van der Waals surface area contributed by atoms with Gasteiger partial charge in [-0.25, -0.2) is 0 Å². The van der Waals surface area contributed by atoms with Crippen LogP contribution < -0.4 is 5.56 Å². The van der Waals surface area contributed by atoms with Crippen molar-refractivity contribution in [3.63, 3.8) is 0 Å². The lowest BCUT2D eigenvalue weighted by Gasteiger charge is -2.24. The molecule has 1 unspecified atom stereocenters. The number of aryl methyl sites for hydroxylation is 2. The Hall–Kier alpha value is -1.62. The molecule has 2 heterocycles. The molecule has 22 heavy (non-hydrogen) atoms. The van der Waals surface area contributed by atoms with E-state index in [0.29, 0.717) is 18.5 Å². The van der Waals surface area contributed by atoms with Crippen LogP contribution in [0.5, 0.6) is 0 Å². The highest BCUT2D eigenvalue weighted by atomic mass is 16.5. The second-order valence-corrected chi connectivity index (χ2v) is 6.29. The summed E-state index contributed by atoms with van der Waals surface area (Å²) in [4.78, 5) is 23.6. The van der Waals surface area contributed by atoms with E-state index in [2.05, 4.69) is 0 Å². The van der Waals surface area contributed by atoms with Crippen LogP contribution in [0.25, 0.3) is 0 Å². The summed E-state index contributed by atoms with van der Waals surface area (Å²) >= 11 is 0. The Kier molecular flexibility index (Phi) is 4.62. The molecule has 0 amide bonds. The first-order valence-electron chi connectivity index (χ1n) is 8.23. The van der Waals surface area contributed by atoms with Gasteiger partial charge in [0.25, 0.3) is 5.56 Å². The van der Waals surface area contributed by atoms with Crippen LogP contribution in [0, 0.1) is 0 Å². The van der Waals surface area contributed by atoms with E-state index < -0.39 is 5.97 Å².